The van der Waals surface area contributed by atoms with Crippen molar-refractivity contribution in [2.24, 2.45) is 28.4 Å². The molecule has 7 N–H and O–H groups in total. The standard InChI is InChI=1S/C37H60N6O7S2/c1-8-10-16-25(31(44)32(38)45)40-33(46)30-24(37(6,7)9-2)17-19-43(30)34(47)29(23-14-12-11-13-15-23)42-35(48)41-28(36(3,4)5)22-39-21-26-27(52(49)50)18-20-51-26/h9,18,20,23-25,28-30,39H,2,8,10-17,19,21-22H2,1,3-7H3,(H2,38,45)(H,40,46)(H,49,50)(H2,41,42,48)/t24-,25?,28+,29-,30-/m0/s1. The minimum Gasteiger partial charge on any atom is -0.363 e. The van der Waals surface area contributed by atoms with Gasteiger partial charge in [0.25, 0.3) is 5.91 Å². The SMILES string of the molecule is C=CC(C)(C)[C@H]1CCN(C(=O)[C@@H](NC(=O)N[C@H](CNCc2sccc2S(=O)O)C(C)(C)C)C2CCCCC2)[C@@H]1C(=O)NC(CCCC)C(=O)C(N)=O. The summed E-state index contributed by atoms with van der Waals surface area (Å²) in [6.07, 6.45) is 8.20. The van der Waals surface area contributed by atoms with Gasteiger partial charge in [0.05, 0.1) is 10.9 Å². The van der Waals surface area contributed by atoms with Gasteiger partial charge in [-0.05, 0) is 59.8 Å². The van der Waals surface area contributed by atoms with Crippen LogP contribution in [0.25, 0.3) is 0 Å². The molecule has 2 heterocycles. The van der Waals surface area contributed by atoms with Gasteiger partial charge < -0.3 is 36.5 Å². The number of carbonyl (C=O) groups is 5. The van der Waals surface area contributed by atoms with Crippen LogP contribution in [-0.2, 0) is 36.8 Å². The van der Waals surface area contributed by atoms with Crippen molar-refractivity contribution < 1.29 is 32.7 Å². The minimum absolute atomic E-state index is 0.140. The lowest BCUT2D eigenvalue weighted by molar-refractivity contribution is -0.144. The Morgan fingerprint density at radius 3 is 2.33 bits per heavy atom. The van der Waals surface area contributed by atoms with E-state index in [1.807, 2.05) is 41.5 Å². The Kier molecular flexibility index (Phi) is 16.0. The van der Waals surface area contributed by atoms with E-state index in [1.165, 1.54) is 11.3 Å². The quantitative estimate of drug-likeness (QED) is 0.0725. The molecule has 292 valence electrons. The highest BCUT2D eigenvalue weighted by Gasteiger charge is 2.50. The number of rotatable bonds is 18. The van der Waals surface area contributed by atoms with E-state index in [9.17, 15) is 32.7 Å². The Morgan fingerprint density at radius 2 is 1.75 bits per heavy atom. The summed E-state index contributed by atoms with van der Waals surface area (Å²) in [5.41, 5.74) is 4.40. The number of thiophene rings is 1. The average Bonchev–Trinajstić information content (AvgIpc) is 3.76. The van der Waals surface area contributed by atoms with Crippen molar-refractivity contribution in [1.82, 2.24) is 26.2 Å². The molecule has 3 rings (SSSR count). The van der Waals surface area contributed by atoms with Gasteiger partial charge >= 0.3 is 6.03 Å². The predicted molar refractivity (Wildman–Crippen MR) is 204 cm³/mol. The summed E-state index contributed by atoms with van der Waals surface area (Å²) in [7, 11) is 0. The minimum atomic E-state index is -2.10. The number of primary amides is 1. The third-order valence-electron chi connectivity index (χ3n) is 10.7. The van der Waals surface area contributed by atoms with Gasteiger partial charge in [0.15, 0.2) is 11.1 Å². The smallest absolute Gasteiger partial charge is 0.315 e. The highest BCUT2D eigenvalue weighted by Crippen LogP contribution is 2.41. The van der Waals surface area contributed by atoms with Gasteiger partial charge in [0.2, 0.25) is 17.6 Å². The van der Waals surface area contributed by atoms with Crippen molar-refractivity contribution in [3.63, 3.8) is 0 Å². The second-order valence-electron chi connectivity index (χ2n) is 15.8. The molecular weight excluding hydrogens is 705 g/mol. The molecule has 1 aromatic rings. The van der Waals surface area contributed by atoms with Crippen molar-refractivity contribution in [1.29, 1.82) is 0 Å². The Labute approximate surface area is 315 Å². The molecule has 5 amide bonds. The summed E-state index contributed by atoms with van der Waals surface area (Å²) in [6.45, 7) is 16.8. The molecule has 52 heavy (non-hydrogen) atoms. The van der Waals surface area contributed by atoms with Crippen molar-refractivity contribution in [3.05, 3.63) is 29.0 Å². The van der Waals surface area contributed by atoms with E-state index in [0.29, 0.717) is 30.8 Å². The third kappa shape index (κ3) is 11.4. The Bertz CT molecular complexity index is 1450. The molecule has 1 aromatic heterocycles. The van der Waals surface area contributed by atoms with Crippen LogP contribution in [0.4, 0.5) is 4.79 Å². The fraction of sp³-hybridized carbons (Fsp3) is 0.703. The predicted octanol–water partition coefficient (Wildman–Crippen LogP) is 4.24. The fourth-order valence-electron chi connectivity index (χ4n) is 7.29. The van der Waals surface area contributed by atoms with E-state index in [2.05, 4.69) is 27.8 Å². The molecular formula is C37H60N6O7S2. The van der Waals surface area contributed by atoms with Crippen LogP contribution in [0.5, 0.6) is 0 Å². The summed E-state index contributed by atoms with van der Waals surface area (Å²) in [5.74, 6) is -3.38. The molecule has 13 nitrogen and oxygen atoms in total. The second-order valence-corrected chi connectivity index (χ2v) is 17.8. The van der Waals surface area contributed by atoms with Gasteiger partial charge in [-0.3, -0.25) is 19.2 Å². The van der Waals surface area contributed by atoms with Gasteiger partial charge in [-0.1, -0.05) is 79.7 Å². The zero-order valence-corrected chi connectivity index (χ0v) is 33.3. The van der Waals surface area contributed by atoms with E-state index in [0.717, 1.165) is 43.4 Å². The van der Waals surface area contributed by atoms with Gasteiger partial charge in [0, 0.05) is 30.6 Å². The first-order chi connectivity index (χ1) is 24.4. The fourth-order valence-corrected chi connectivity index (χ4v) is 8.92. The van der Waals surface area contributed by atoms with E-state index >= 15 is 0 Å². The number of nitrogens with one attached hydrogen (secondary N) is 4. The van der Waals surface area contributed by atoms with Crippen LogP contribution >= 0.6 is 11.3 Å². The van der Waals surface area contributed by atoms with E-state index < -0.39 is 58.2 Å². The summed E-state index contributed by atoms with van der Waals surface area (Å²) in [4.78, 5) is 70.0. The first-order valence-corrected chi connectivity index (χ1v) is 20.4. The third-order valence-corrected chi connectivity index (χ3v) is 12.5. The molecule has 0 spiro atoms. The first-order valence-electron chi connectivity index (χ1n) is 18.5. The number of carbonyl (C=O) groups excluding carboxylic acids is 5. The van der Waals surface area contributed by atoms with Crippen LogP contribution in [0.1, 0.15) is 104 Å². The molecule has 2 aliphatic rings. The number of ketones is 1. The van der Waals surface area contributed by atoms with E-state index in [1.54, 1.807) is 22.4 Å². The van der Waals surface area contributed by atoms with Crippen molar-refractivity contribution in [2.75, 3.05) is 13.1 Å². The van der Waals surface area contributed by atoms with Crippen LogP contribution in [0.2, 0.25) is 0 Å². The van der Waals surface area contributed by atoms with Crippen LogP contribution < -0.4 is 27.0 Å². The van der Waals surface area contributed by atoms with Gasteiger partial charge in [-0.2, -0.15) is 0 Å². The lowest BCUT2D eigenvalue weighted by atomic mass is 9.74. The normalized spacial score (nSPS) is 20.7. The number of hydrogen-bond donors (Lipinski definition) is 6. The van der Waals surface area contributed by atoms with Gasteiger partial charge in [-0.25, -0.2) is 9.00 Å². The number of nitrogens with two attached hydrogens (primary N) is 1. The zero-order chi connectivity index (χ0) is 38.8. The van der Waals surface area contributed by atoms with Crippen LogP contribution in [-0.4, -0.2) is 80.5 Å². The molecule has 2 fully saturated rings. The molecule has 1 saturated carbocycles. The number of urea groups is 1. The maximum absolute atomic E-state index is 14.7. The first kappa shape index (κ1) is 43.3. The number of Topliss-reactive ketones (excluding diaryl/α,β-unsaturated/α-hetero) is 1. The highest BCUT2D eigenvalue weighted by atomic mass is 32.2. The molecule has 0 bridgehead atoms. The molecule has 15 heteroatoms. The van der Waals surface area contributed by atoms with Crippen LogP contribution in [0.3, 0.4) is 0 Å². The number of likely N-dealkylation sites (tertiary alicyclic amines) is 1. The van der Waals surface area contributed by atoms with Crippen LogP contribution in [0, 0.1) is 22.7 Å². The summed E-state index contributed by atoms with van der Waals surface area (Å²) >= 11 is -0.721. The number of nitrogens with zero attached hydrogens (tertiary/aromatic N) is 1. The monoisotopic (exact) mass is 764 g/mol. The Morgan fingerprint density at radius 1 is 1.08 bits per heavy atom. The van der Waals surface area contributed by atoms with Gasteiger partial charge in [-0.15, -0.1) is 17.9 Å². The molecule has 2 unspecified atom stereocenters. The highest BCUT2D eigenvalue weighted by molar-refractivity contribution is 7.79. The number of hydrogen-bond acceptors (Lipinski definition) is 8. The van der Waals surface area contributed by atoms with E-state index in [-0.39, 0.29) is 42.2 Å². The maximum Gasteiger partial charge on any atom is 0.315 e. The zero-order valence-electron chi connectivity index (χ0n) is 31.6. The molecule has 1 aliphatic carbocycles. The van der Waals surface area contributed by atoms with E-state index in [4.69, 9.17) is 5.73 Å². The molecule has 0 radical (unpaired) electrons. The molecule has 1 aliphatic heterocycles. The summed E-state index contributed by atoms with van der Waals surface area (Å²) < 4.78 is 21.3. The Balaban J connectivity index is 1.87. The topological polar surface area (TPSA) is 200 Å². The molecule has 1 saturated heterocycles. The largest absolute Gasteiger partial charge is 0.363 e. The van der Waals surface area contributed by atoms with Crippen LogP contribution in [0.15, 0.2) is 29.0 Å². The molecule has 6 atom stereocenters. The number of amides is 5. The average molecular weight is 765 g/mol. The lowest BCUT2D eigenvalue weighted by Crippen LogP contribution is -2.61. The van der Waals surface area contributed by atoms with Gasteiger partial charge in [0.1, 0.15) is 12.1 Å². The van der Waals surface area contributed by atoms with Crippen molar-refractivity contribution >= 4 is 52.0 Å². The maximum atomic E-state index is 14.7. The van der Waals surface area contributed by atoms with Crippen molar-refractivity contribution in [2.45, 2.75) is 135 Å². The lowest BCUT2D eigenvalue weighted by Gasteiger charge is -2.39. The second kappa shape index (κ2) is 19.3. The molecule has 0 aromatic carbocycles. The summed E-state index contributed by atoms with van der Waals surface area (Å²) in [5, 5.41) is 13.9. The number of allylic oxidation sites excluding steroid dienone is 1. The van der Waals surface area contributed by atoms with Crippen molar-refractivity contribution in [3.8, 4) is 0 Å². The number of unbranched alkanes of at least 4 members (excludes halogenated alkanes) is 1. The Hall–Kier alpha value is -3.14. The summed E-state index contributed by atoms with van der Waals surface area (Å²) in [6, 6.07) is -2.23.